The van der Waals surface area contributed by atoms with Crippen LogP contribution >= 0.6 is 12.2 Å². The Bertz CT molecular complexity index is 635. The first-order chi connectivity index (χ1) is 9.90. The average molecular weight is 303 g/mol. The van der Waals surface area contributed by atoms with E-state index in [1.165, 1.54) is 11.1 Å². The SMILES string of the molecule is CC(C)Cc1ccc(C(C)c2n[nH]c(=S)n2C(C)C)cc1. The van der Waals surface area contributed by atoms with Gasteiger partial charge in [-0.15, -0.1) is 0 Å². The number of nitrogens with zero attached hydrogens (tertiary/aromatic N) is 2. The van der Waals surface area contributed by atoms with Crippen LogP contribution in [0.1, 0.15) is 63.5 Å². The quantitative estimate of drug-likeness (QED) is 0.799. The molecule has 4 heteroatoms. The summed E-state index contributed by atoms with van der Waals surface area (Å²) in [5.41, 5.74) is 2.67. The summed E-state index contributed by atoms with van der Waals surface area (Å²) in [6, 6.07) is 9.20. The van der Waals surface area contributed by atoms with Crippen LogP contribution in [0.3, 0.4) is 0 Å². The highest BCUT2D eigenvalue weighted by atomic mass is 32.1. The summed E-state index contributed by atoms with van der Waals surface area (Å²) in [5.74, 6) is 1.92. The Morgan fingerprint density at radius 1 is 1.10 bits per heavy atom. The number of nitrogens with one attached hydrogen (secondary N) is 1. The van der Waals surface area contributed by atoms with Gasteiger partial charge in [0.15, 0.2) is 4.77 Å². The fourth-order valence-corrected chi connectivity index (χ4v) is 3.03. The van der Waals surface area contributed by atoms with E-state index in [4.69, 9.17) is 12.2 Å². The van der Waals surface area contributed by atoms with Crippen molar-refractivity contribution in [3.8, 4) is 0 Å². The number of rotatable bonds is 5. The molecule has 1 N–H and O–H groups in total. The summed E-state index contributed by atoms with van der Waals surface area (Å²) >= 11 is 5.33. The van der Waals surface area contributed by atoms with E-state index in [-0.39, 0.29) is 5.92 Å². The summed E-state index contributed by atoms with van der Waals surface area (Å²) in [6.07, 6.45) is 1.12. The van der Waals surface area contributed by atoms with E-state index in [2.05, 4.69) is 73.6 Å². The molecule has 0 aliphatic rings. The van der Waals surface area contributed by atoms with Gasteiger partial charge in [-0.3, -0.25) is 5.10 Å². The topological polar surface area (TPSA) is 33.6 Å². The van der Waals surface area contributed by atoms with E-state index < -0.39 is 0 Å². The molecule has 1 unspecified atom stereocenters. The minimum atomic E-state index is 0.230. The van der Waals surface area contributed by atoms with Crippen molar-refractivity contribution >= 4 is 12.2 Å². The molecule has 0 radical (unpaired) electrons. The molecular formula is C17H25N3S. The molecule has 0 aliphatic carbocycles. The van der Waals surface area contributed by atoms with Crippen LogP contribution in [0, 0.1) is 10.7 Å². The van der Waals surface area contributed by atoms with Gasteiger partial charge in [-0.1, -0.05) is 45.0 Å². The van der Waals surface area contributed by atoms with Crippen LogP contribution in [0.25, 0.3) is 0 Å². The van der Waals surface area contributed by atoms with E-state index in [0.717, 1.165) is 12.2 Å². The predicted octanol–water partition coefficient (Wildman–Crippen LogP) is 4.87. The maximum atomic E-state index is 5.33. The molecule has 1 atom stereocenters. The Morgan fingerprint density at radius 3 is 2.24 bits per heavy atom. The number of H-pyrrole nitrogens is 1. The van der Waals surface area contributed by atoms with Gasteiger partial charge in [0.2, 0.25) is 0 Å². The molecule has 0 amide bonds. The molecule has 3 nitrogen and oxygen atoms in total. The second-order valence-corrected chi connectivity index (χ2v) is 6.80. The van der Waals surface area contributed by atoms with Crippen LogP contribution in [0.4, 0.5) is 0 Å². The monoisotopic (exact) mass is 303 g/mol. The highest BCUT2D eigenvalue weighted by Gasteiger charge is 2.17. The van der Waals surface area contributed by atoms with Gasteiger partial charge in [0, 0.05) is 12.0 Å². The van der Waals surface area contributed by atoms with Crippen molar-refractivity contribution in [1.82, 2.24) is 14.8 Å². The van der Waals surface area contributed by atoms with Crippen LogP contribution in [0.5, 0.6) is 0 Å². The van der Waals surface area contributed by atoms with Crippen LogP contribution in [-0.2, 0) is 6.42 Å². The lowest BCUT2D eigenvalue weighted by Gasteiger charge is -2.16. The molecule has 0 saturated heterocycles. The number of aromatic nitrogens is 3. The van der Waals surface area contributed by atoms with Crippen molar-refractivity contribution in [2.75, 3.05) is 0 Å². The van der Waals surface area contributed by atoms with E-state index in [1.807, 2.05) is 0 Å². The lowest BCUT2D eigenvalue weighted by molar-refractivity contribution is 0.551. The van der Waals surface area contributed by atoms with E-state index >= 15 is 0 Å². The van der Waals surface area contributed by atoms with Crippen LogP contribution in [-0.4, -0.2) is 14.8 Å². The largest absolute Gasteiger partial charge is 0.301 e. The maximum absolute atomic E-state index is 5.33. The van der Waals surface area contributed by atoms with Crippen molar-refractivity contribution < 1.29 is 0 Å². The third-order valence-electron chi connectivity index (χ3n) is 3.76. The summed E-state index contributed by atoms with van der Waals surface area (Å²) in [7, 11) is 0. The molecule has 0 bridgehead atoms. The lowest BCUT2D eigenvalue weighted by atomic mass is 9.96. The van der Waals surface area contributed by atoms with Gasteiger partial charge in [-0.05, 0) is 49.5 Å². The predicted molar refractivity (Wildman–Crippen MR) is 90.3 cm³/mol. The van der Waals surface area contributed by atoms with Crippen LogP contribution in [0.15, 0.2) is 24.3 Å². The molecule has 1 aromatic heterocycles. The molecule has 1 heterocycles. The minimum absolute atomic E-state index is 0.230. The van der Waals surface area contributed by atoms with Crippen LogP contribution < -0.4 is 0 Å². The molecule has 1 aromatic carbocycles. The summed E-state index contributed by atoms with van der Waals surface area (Å²) in [6.45, 7) is 10.9. The first-order valence-electron chi connectivity index (χ1n) is 7.65. The van der Waals surface area contributed by atoms with Gasteiger partial charge < -0.3 is 4.57 Å². The standard InChI is InChI=1S/C17H25N3S/c1-11(2)10-14-6-8-15(9-7-14)13(5)16-18-19-17(21)20(16)12(3)4/h6-9,11-13H,10H2,1-5H3,(H,19,21). The van der Waals surface area contributed by atoms with E-state index in [1.54, 1.807) is 0 Å². The smallest absolute Gasteiger partial charge is 0.195 e. The molecule has 0 aliphatic heterocycles. The van der Waals surface area contributed by atoms with Gasteiger partial charge >= 0.3 is 0 Å². The van der Waals surface area contributed by atoms with Gasteiger partial charge in [-0.25, -0.2) is 0 Å². The Balaban J connectivity index is 2.28. The third-order valence-corrected chi connectivity index (χ3v) is 4.05. The van der Waals surface area contributed by atoms with Crippen molar-refractivity contribution in [1.29, 1.82) is 0 Å². The fourth-order valence-electron chi connectivity index (χ4n) is 2.68. The summed E-state index contributed by atoms with van der Waals surface area (Å²) in [5, 5.41) is 7.35. The Kier molecular flexibility index (Phi) is 4.99. The van der Waals surface area contributed by atoms with Crippen molar-refractivity contribution in [3.05, 3.63) is 46.0 Å². The Labute approximate surface area is 132 Å². The Morgan fingerprint density at radius 2 is 1.71 bits per heavy atom. The molecule has 114 valence electrons. The Hall–Kier alpha value is -1.42. The van der Waals surface area contributed by atoms with Gasteiger partial charge in [0.25, 0.3) is 0 Å². The molecule has 0 saturated carbocycles. The third kappa shape index (κ3) is 3.62. The molecule has 0 fully saturated rings. The van der Waals surface area contributed by atoms with Crippen molar-refractivity contribution in [2.45, 2.75) is 53.0 Å². The number of hydrogen-bond donors (Lipinski definition) is 1. The molecule has 21 heavy (non-hydrogen) atoms. The fraction of sp³-hybridized carbons (Fsp3) is 0.529. The van der Waals surface area contributed by atoms with E-state index in [9.17, 15) is 0 Å². The molecule has 2 rings (SSSR count). The zero-order valence-corrected chi connectivity index (χ0v) is 14.4. The van der Waals surface area contributed by atoms with Gasteiger partial charge in [0.05, 0.1) is 0 Å². The minimum Gasteiger partial charge on any atom is -0.301 e. The van der Waals surface area contributed by atoms with E-state index in [0.29, 0.717) is 16.7 Å². The zero-order valence-electron chi connectivity index (χ0n) is 13.6. The van der Waals surface area contributed by atoms with Crippen molar-refractivity contribution in [2.24, 2.45) is 5.92 Å². The second-order valence-electron chi connectivity index (χ2n) is 6.41. The summed E-state index contributed by atoms with van der Waals surface area (Å²) in [4.78, 5) is 0. The lowest BCUT2D eigenvalue weighted by Crippen LogP contribution is -2.10. The highest BCUT2D eigenvalue weighted by molar-refractivity contribution is 7.71. The number of benzene rings is 1. The number of aromatic amines is 1. The first-order valence-corrected chi connectivity index (χ1v) is 8.06. The van der Waals surface area contributed by atoms with Crippen LogP contribution in [0.2, 0.25) is 0 Å². The number of hydrogen-bond acceptors (Lipinski definition) is 2. The zero-order chi connectivity index (χ0) is 15.6. The molecule has 0 spiro atoms. The van der Waals surface area contributed by atoms with Gasteiger partial charge in [-0.2, -0.15) is 5.10 Å². The maximum Gasteiger partial charge on any atom is 0.195 e. The second kappa shape index (κ2) is 6.56. The normalized spacial score (nSPS) is 13.1. The average Bonchev–Trinajstić information content (AvgIpc) is 2.80. The first kappa shape index (κ1) is 16.0. The van der Waals surface area contributed by atoms with Crippen molar-refractivity contribution in [3.63, 3.8) is 0 Å². The molecular weight excluding hydrogens is 278 g/mol. The summed E-state index contributed by atoms with van der Waals surface area (Å²) < 4.78 is 2.80. The highest BCUT2D eigenvalue weighted by Crippen LogP contribution is 2.25. The molecule has 2 aromatic rings. The van der Waals surface area contributed by atoms with Gasteiger partial charge in [0.1, 0.15) is 5.82 Å².